The topological polar surface area (TPSA) is 18.5 Å². The van der Waals surface area contributed by atoms with Crippen LogP contribution in [-0.4, -0.2) is 26.7 Å². The van der Waals surface area contributed by atoms with Gasteiger partial charge in [-0.25, -0.2) is 8.78 Å². The molecule has 1 unspecified atom stereocenters. The van der Waals surface area contributed by atoms with E-state index < -0.39 is 13.0 Å². The number of benzene rings is 2. The zero-order valence-corrected chi connectivity index (χ0v) is 12.4. The van der Waals surface area contributed by atoms with E-state index in [2.05, 4.69) is 0 Å². The van der Waals surface area contributed by atoms with Crippen LogP contribution in [0.2, 0.25) is 0 Å². The summed E-state index contributed by atoms with van der Waals surface area (Å²) in [4.78, 5) is 0. The van der Waals surface area contributed by atoms with Gasteiger partial charge in [0.05, 0.1) is 12.5 Å². The number of alkyl halides is 3. The summed E-state index contributed by atoms with van der Waals surface area (Å²) in [6, 6.07) is 11.6. The molecule has 2 rings (SSSR count). The van der Waals surface area contributed by atoms with Crippen molar-refractivity contribution in [3.05, 3.63) is 42.0 Å². The first-order valence-corrected chi connectivity index (χ1v) is 7.12. The van der Waals surface area contributed by atoms with Crippen LogP contribution in [0.3, 0.4) is 0 Å². The van der Waals surface area contributed by atoms with Crippen LogP contribution in [0.25, 0.3) is 10.8 Å². The molecule has 2 nitrogen and oxygen atoms in total. The fourth-order valence-electron chi connectivity index (χ4n) is 2.26. The summed E-state index contributed by atoms with van der Waals surface area (Å²) in [5.41, 5.74) is 0.953. The third-order valence-corrected chi connectivity index (χ3v) is 3.69. The third-order valence-electron chi connectivity index (χ3n) is 3.23. The predicted octanol–water partition coefficient (Wildman–Crippen LogP) is 4.80. The van der Waals surface area contributed by atoms with Gasteiger partial charge in [-0.15, -0.1) is 11.6 Å². The molecule has 0 saturated heterocycles. The lowest BCUT2D eigenvalue weighted by atomic mass is 10.00. The summed E-state index contributed by atoms with van der Waals surface area (Å²) < 4.78 is 34.2. The second-order valence-electron chi connectivity index (χ2n) is 4.62. The van der Waals surface area contributed by atoms with E-state index in [0.717, 1.165) is 22.1 Å². The highest BCUT2D eigenvalue weighted by molar-refractivity contribution is 6.22. The van der Waals surface area contributed by atoms with E-state index in [4.69, 9.17) is 21.1 Å². The van der Waals surface area contributed by atoms with Crippen molar-refractivity contribution in [3.63, 3.8) is 0 Å². The molecule has 1 atom stereocenters. The molecule has 21 heavy (non-hydrogen) atoms. The normalized spacial score (nSPS) is 12.8. The Labute approximate surface area is 127 Å². The highest BCUT2D eigenvalue weighted by atomic mass is 35.5. The van der Waals surface area contributed by atoms with Crippen LogP contribution in [0.1, 0.15) is 17.4 Å². The highest BCUT2D eigenvalue weighted by Gasteiger charge is 2.14. The zero-order chi connectivity index (χ0) is 15.2. The monoisotopic (exact) mass is 314 g/mol. The van der Waals surface area contributed by atoms with E-state index >= 15 is 0 Å². The Bertz CT molecular complexity index is 589. The quantitative estimate of drug-likeness (QED) is 0.540. The average Bonchev–Trinajstić information content (AvgIpc) is 2.50. The second-order valence-corrected chi connectivity index (χ2v) is 5.15. The van der Waals surface area contributed by atoms with Crippen molar-refractivity contribution < 1.29 is 18.3 Å². The molecule has 0 fully saturated rings. The minimum absolute atomic E-state index is 0.207. The lowest BCUT2D eigenvalue weighted by Crippen LogP contribution is -2.07. The smallest absolute Gasteiger partial charge is 0.261 e. The first-order valence-electron chi connectivity index (χ1n) is 6.69. The van der Waals surface area contributed by atoms with Crippen molar-refractivity contribution in [2.24, 2.45) is 0 Å². The van der Waals surface area contributed by atoms with Crippen molar-refractivity contribution in [2.45, 2.75) is 18.2 Å². The van der Waals surface area contributed by atoms with E-state index in [9.17, 15) is 8.78 Å². The van der Waals surface area contributed by atoms with Crippen LogP contribution in [0.4, 0.5) is 8.78 Å². The van der Waals surface area contributed by atoms with Crippen molar-refractivity contribution in [1.29, 1.82) is 0 Å². The van der Waals surface area contributed by atoms with Crippen molar-refractivity contribution >= 4 is 22.4 Å². The first kappa shape index (κ1) is 16.0. The molecule has 0 spiro atoms. The van der Waals surface area contributed by atoms with Crippen molar-refractivity contribution in [2.75, 3.05) is 20.3 Å². The molecule has 0 aliphatic carbocycles. The number of hydrogen-bond acceptors (Lipinski definition) is 2. The summed E-state index contributed by atoms with van der Waals surface area (Å²) in [7, 11) is 1.62. The predicted molar refractivity (Wildman–Crippen MR) is 80.5 cm³/mol. The van der Waals surface area contributed by atoms with Gasteiger partial charge in [0.15, 0.2) is 0 Å². The maximum Gasteiger partial charge on any atom is 0.261 e. The maximum absolute atomic E-state index is 12.0. The molecule has 2 aromatic carbocycles. The van der Waals surface area contributed by atoms with Gasteiger partial charge in [0, 0.05) is 12.0 Å². The van der Waals surface area contributed by atoms with Gasteiger partial charge >= 0.3 is 0 Å². The molecule has 2 aromatic rings. The molecule has 0 saturated carbocycles. The molecule has 0 radical (unpaired) electrons. The molecule has 114 valence electrons. The Balaban J connectivity index is 2.14. The Morgan fingerprint density at radius 1 is 1.10 bits per heavy atom. The van der Waals surface area contributed by atoms with E-state index in [1.165, 1.54) is 0 Å². The lowest BCUT2D eigenvalue weighted by molar-refractivity contribution is 0.0165. The molecule has 0 amide bonds. The minimum Gasteiger partial charge on any atom is -0.496 e. The highest BCUT2D eigenvalue weighted by Crippen LogP contribution is 2.35. The number of rotatable bonds is 7. The molecular weight excluding hydrogens is 298 g/mol. The fraction of sp³-hybridized carbons (Fsp3) is 0.375. The van der Waals surface area contributed by atoms with E-state index in [1.54, 1.807) is 7.11 Å². The molecule has 0 N–H and O–H groups in total. The van der Waals surface area contributed by atoms with Crippen LogP contribution in [0, 0.1) is 0 Å². The Morgan fingerprint density at radius 2 is 1.81 bits per heavy atom. The summed E-state index contributed by atoms with van der Waals surface area (Å²) >= 11 is 6.39. The molecule has 0 heterocycles. The second kappa shape index (κ2) is 7.57. The summed E-state index contributed by atoms with van der Waals surface area (Å²) in [5, 5.41) is 1.70. The third kappa shape index (κ3) is 4.05. The Kier molecular flexibility index (Phi) is 5.76. The average molecular weight is 315 g/mol. The molecule has 0 aliphatic rings. The summed E-state index contributed by atoms with van der Waals surface area (Å²) in [6.07, 6.45) is -1.97. The van der Waals surface area contributed by atoms with Crippen molar-refractivity contribution in [3.8, 4) is 5.75 Å². The molecule has 0 aliphatic heterocycles. The van der Waals surface area contributed by atoms with E-state index in [-0.39, 0.29) is 12.0 Å². The van der Waals surface area contributed by atoms with Crippen LogP contribution in [0.15, 0.2) is 36.4 Å². The SMILES string of the molecule is COc1ccc(C(Cl)CCOCC(F)F)c2ccccc12. The largest absolute Gasteiger partial charge is 0.496 e. The van der Waals surface area contributed by atoms with Gasteiger partial charge in [-0.3, -0.25) is 0 Å². The van der Waals surface area contributed by atoms with Gasteiger partial charge in [-0.2, -0.15) is 0 Å². The van der Waals surface area contributed by atoms with Gasteiger partial charge in [0.1, 0.15) is 12.4 Å². The maximum atomic E-state index is 12.0. The first-order chi connectivity index (χ1) is 10.1. The Morgan fingerprint density at radius 3 is 2.48 bits per heavy atom. The summed E-state index contributed by atoms with van der Waals surface area (Å²) in [6.45, 7) is -0.341. The zero-order valence-electron chi connectivity index (χ0n) is 11.7. The van der Waals surface area contributed by atoms with Crippen molar-refractivity contribution in [1.82, 2.24) is 0 Å². The standard InChI is InChI=1S/C16H17ClF2O2/c1-20-15-7-6-12(11-4-2-3-5-13(11)15)14(17)8-9-21-10-16(18)19/h2-7,14,16H,8-10H2,1H3. The summed E-state index contributed by atoms with van der Waals surface area (Å²) in [5.74, 6) is 0.784. The minimum atomic E-state index is -2.44. The van der Waals surface area contributed by atoms with Gasteiger partial charge in [-0.05, 0) is 23.4 Å². The van der Waals surface area contributed by atoms with E-state index in [0.29, 0.717) is 6.42 Å². The molecule has 5 heteroatoms. The van der Waals surface area contributed by atoms with Gasteiger partial charge in [0.25, 0.3) is 6.43 Å². The van der Waals surface area contributed by atoms with Crippen LogP contribution < -0.4 is 4.74 Å². The number of fused-ring (bicyclic) bond motifs is 1. The molecule has 0 aromatic heterocycles. The fourth-order valence-corrected chi connectivity index (χ4v) is 2.54. The van der Waals surface area contributed by atoms with Crippen LogP contribution in [0.5, 0.6) is 5.75 Å². The van der Waals surface area contributed by atoms with Gasteiger partial charge in [0.2, 0.25) is 0 Å². The number of ether oxygens (including phenoxy) is 2. The van der Waals surface area contributed by atoms with Crippen LogP contribution >= 0.6 is 11.6 Å². The molecule has 0 bridgehead atoms. The number of halogens is 3. The van der Waals surface area contributed by atoms with Gasteiger partial charge in [-0.1, -0.05) is 30.3 Å². The number of methoxy groups -OCH3 is 1. The van der Waals surface area contributed by atoms with Gasteiger partial charge < -0.3 is 9.47 Å². The Hall–Kier alpha value is -1.39. The van der Waals surface area contributed by atoms with E-state index in [1.807, 2.05) is 36.4 Å². The number of hydrogen-bond donors (Lipinski definition) is 0. The lowest BCUT2D eigenvalue weighted by Gasteiger charge is -2.15. The van der Waals surface area contributed by atoms with Crippen LogP contribution in [-0.2, 0) is 4.74 Å². The molecular formula is C16H17ClF2O2.